The van der Waals surface area contributed by atoms with Crippen molar-refractivity contribution in [2.45, 2.75) is 6.54 Å². The second-order valence-corrected chi connectivity index (χ2v) is 8.89. The van der Waals surface area contributed by atoms with Crippen LogP contribution in [0.5, 0.6) is 0 Å². The standard InChI is InChI=1S/C28H32N4O2/c1-29(2)28(34)25-15-14-24(20-26(25)30(3)21-22-10-6-4-7-11-22)31-16-18-32(19-17-31)27(33)23-12-8-5-9-13-23/h4-15,20H,16-19,21H2,1-3H3. The molecule has 0 aliphatic carbocycles. The van der Waals surface area contributed by atoms with E-state index in [4.69, 9.17) is 0 Å². The topological polar surface area (TPSA) is 47.1 Å². The summed E-state index contributed by atoms with van der Waals surface area (Å²) in [6.07, 6.45) is 0. The zero-order valence-corrected chi connectivity index (χ0v) is 20.1. The summed E-state index contributed by atoms with van der Waals surface area (Å²) in [5.41, 5.74) is 4.57. The van der Waals surface area contributed by atoms with E-state index in [1.165, 1.54) is 5.56 Å². The molecule has 0 atom stereocenters. The Hall–Kier alpha value is -3.80. The van der Waals surface area contributed by atoms with Gasteiger partial charge in [0.2, 0.25) is 0 Å². The molecule has 1 heterocycles. The number of rotatable bonds is 6. The maximum absolute atomic E-state index is 12.9. The van der Waals surface area contributed by atoms with Gasteiger partial charge in [-0.15, -0.1) is 0 Å². The van der Waals surface area contributed by atoms with E-state index in [1.54, 1.807) is 19.0 Å². The second-order valence-electron chi connectivity index (χ2n) is 8.89. The molecule has 1 fully saturated rings. The molecular weight excluding hydrogens is 424 g/mol. The highest BCUT2D eigenvalue weighted by Crippen LogP contribution is 2.29. The number of hydrogen-bond acceptors (Lipinski definition) is 4. The van der Waals surface area contributed by atoms with Crippen LogP contribution in [0.25, 0.3) is 0 Å². The lowest BCUT2D eigenvalue weighted by atomic mass is 10.1. The van der Waals surface area contributed by atoms with Crippen LogP contribution in [0.3, 0.4) is 0 Å². The summed E-state index contributed by atoms with van der Waals surface area (Å²) in [6, 6.07) is 25.8. The zero-order chi connectivity index (χ0) is 24.1. The van der Waals surface area contributed by atoms with Crippen molar-refractivity contribution in [3.63, 3.8) is 0 Å². The second kappa shape index (κ2) is 10.4. The van der Waals surface area contributed by atoms with Crippen LogP contribution in [0.1, 0.15) is 26.3 Å². The quantitative estimate of drug-likeness (QED) is 0.563. The SMILES string of the molecule is CN(C)C(=O)c1ccc(N2CCN(C(=O)c3ccccc3)CC2)cc1N(C)Cc1ccccc1. The predicted octanol–water partition coefficient (Wildman–Crippen LogP) is 3.99. The monoisotopic (exact) mass is 456 g/mol. The van der Waals surface area contributed by atoms with Crippen molar-refractivity contribution in [2.75, 3.05) is 57.1 Å². The van der Waals surface area contributed by atoms with Gasteiger partial charge in [0.05, 0.1) is 11.3 Å². The Kier molecular flexibility index (Phi) is 7.16. The fourth-order valence-electron chi connectivity index (χ4n) is 4.33. The summed E-state index contributed by atoms with van der Waals surface area (Å²) in [4.78, 5) is 33.7. The maximum Gasteiger partial charge on any atom is 0.255 e. The van der Waals surface area contributed by atoms with Crippen LogP contribution in [0.2, 0.25) is 0 Å². The minimum Gasteiger partial charge on any atom is -0.370 e. The maximum atomic E-state index is 12.9. The zero-order valence-electron chi connectivity index (χ0n) is 20.1. The van der Waals surface area contributed by atoms with Crippen molar-refractivity contribution in [1.82, 2.24) is 9.80 Å². The summed E-state index contributed by atoms with van der Waals surface area (Å²) in [5.74, 6) is 0.0650. The van der Waals surface area contributed by atoms with E-state index in [1.807, 2.05) is 72.6 Å². The lowest BCUT2D eigenvalue weighted by Gasteiger charge is -2.37. The number of amides is 2. The van der Waals surface area contributed by atoms with Crippen LogP contribution < -0.4 is 9.80 Å². The van der Waals surface area contributed by atoms with Gasteiger partial charge in [-0.1, -0.05) is 48.5 Å². The van der Waals surface area contributed by atoms with Gasteiger partial charge < -0.3 is 19.6 Å². The van der Waals surface area contributed by atoms with Gasteiger partial charge in [-0.3, -0.25) is 9.59 Å². The molecule has 0 unspecified atom stereocenters. The van der Waals surface area contributed by atoms with Crippen LogP contribution in [0.15, 0.2) is 78.9 Å². The van der Waals surface area contributed by atoms with E-state index in [0.29, 0.717) is 25.2 Å². The van der Waals surface area contributed by atoms with E-state index in [0.717, 1.165) is 30.0 Å². The molecule has 0 N–H and O–H groups in total. The van der Waals surface area contributed by atoms with Crippen molar-refractivity contribution in [1.29, 1.82) is 0 Å². The molecule has 0 radical (unpaired) electrons. The Morgan fingerprint density at radius 2 is 1.41 bits per heavy atom. The number of anilines is 2. The molecule has 0 aromatic heterocycles. The smallest absolute Gasteiger partial charge is 0.255 e. The summed E-state index contributed by atoms with van der Waals surface area (Å²) in [7, 11) is 5.58. The van der Waals surface area contributed by atoms with Crippen molar-refractivity contribution < 1.29 is 9.59 Å². The molecule has 0 spiro atoms. The normalized spacial score (nSPS) is 13.5. The molecule has 3 aromatic carbocycles. The molecule has 1 aliphatic rings. The Labute approximate surface area is 202 Å². The summed E-state index contributed by atoms with van der Waals surface area (Å²) < 4.78 is 0. The van der Waals surface area contributed by atoms with Gasteiger partial charge in [0.15, 0.2) is 0 Å². The Bertz CT molecular complexity index is 1120. The van der Waals surface area contributed by atoms with Gasteiger partial charge in [0, 0.05) is 65.1 Å². The lowest BCUT2D eigenvalue weighted by molar-refractivity contribution is 0.0746. The number of nitrogens with zero attached hydrogens (tertiary/aromatic N) is 4. The first-order valence-corrected chi connectivity index (χ1v) is 11.6. The first kappa shape index (κ1) is 23.4. The Morgan fingerprint density at radius 3 is 2.03 bits per heavy atom. The molecular formula is C28H32N4O2. The highest BCUT2D eigenvalue weighted by molar-refractivity contribution is 6.00. The highest BCUT2D eigenvalue weighted by atomic mass is 16.2. The first-order valence-electron chi connectivity index (χ1n) is 11.6. The van der Waals surface area contributed by atoms with Gasteiger partial charge in [-0.05, 0) is 35.9 Å². The molecule has 1 aliphatic heterocycles. The van der Waals surface area contributed by atoms with E-state index in [-0.39, 0.29) is 11.8 Å². The summed E-state index contributed by atoms with van der Waals surface area (Å²) in [6.45, 7) is 3.54. The van der Waals surface area contributed by atoms with Crippen LogP contribution >= 0.6 is 0 Å². The molecule has 2 amide bonds. The molecule has 176 valence electrons. The fraction of sp³-hybridized carbons (Fsp3) is 0.286. The van der Waals surface area contributed by atoms with Gasteiger partial charge in [0.25, 0.3) is 11.8 Å². The minimum atomic E-state index is -0.0141. The number of hydrogen-bond donors (Lipinski definition) is 0. The fourth-order valence-corrected chi connectivity index (χ4v) is 4.33. The predicted molar refractivity (Wildman–Crippen MR) is 138 cm³/mol. The van der Waals surface area contributed by atoms with Crippen LogP contribution in [0.4, 0.5) is 11.4 Å². The van der Waals surface area contributed by atoms with Gasteiger partial charge >= 0.3 is 0 Å². The largest absolute Gasteiger partial charge is 0.370 e. The lowest BCUT2D eigenvalue weighted by Crippen LogP contribution is -2.48. The number of benzene rings is 3. The Morgan fingerprint density at radius 1 is 0.794 bits per heavy atom. The molecule has 6 heteroatoms. The third-order valence-corrected chi connectivity index (χ3v) is 6.24. The minimum absolute atomic E-state index is 0.0141. The molecule has 3 aromatic rings. The molecule has 6 nitrogen and oxygen atoms in total. The van der Waals surface area contributed by atoms with Crippen LogP contribution in [-0.4, -0.2) is 68.9 Å². The average Bonchev–Trinajstić information content (AvgIpc) is 2.88. The third kappa shape index (κ3) is 5.22. The number of carbonyl (C=O) groups excluding carboxylic acids is 2. The summed E-state index contributed by atoms with van der Waals surface area (Å²) >= 11 is 0. The molecule has 0 bridgehead atoms. The van der Waals surface area contributed by atoms with Gasteiger partial charge in [0.1, 0.15) is 0 Å². The van der Waals surface area contributed by atoms with Crippen LogP contribution in [-0.2, 0) is 6.54 Å². The van der Waals surface area contributed by atoms with E-state index in [9.17, 15) is 9.59 Å². The van der Waals surface area contributed by atoms with Crippen molar-refractivity contribution in [3.8, 4) is 0 Å². The first-order chi connectivity index (χ1) is 16.4. The number of piperazine rings is 1. The summed E-state index contributed by atoms with van der Waals surface area (Å²) in [5, 5.41) is 0. The third-order valence-electron chi connectivity index (χ3n) is 6.24. The van der Waals surface area contributed by atoms with E-state index in [2.05, 4.69) is 28.0 Å². The highest BCUT2D eigenvalue weighted by Gasteiger charge is 2.24. The molecule has 4 rings (SSSR count). The molecule has 34 heavy (non-hydrogen) atoms. The van der Waals surface area contributed by atoms with E-state index < -0.39 is 0 Å². The van der Waals surface area contributed by atoms with E-state index >= 15 is 0 Å². The van der Waals surface area contributed by atoms with Crippen molar-refractivity contribution >= 4 is 23.2 Å². The Balaban J connectivity index is 1.53. The van der Waals surface area contributed by atoms with Gasteiger partial charge in [-0.25, -0.2) is 0 Å². The van der Waals surface area contributed by atoms with Crippen molar-refractivity contribution in [2.24, 2.45) is 0 Å². The average molecular weight is 457 g/mol. The van der Waals surface area contributed by atoms with Gasteiger partial charge in [-0.2, -0.15) is 0 Å². The van der Waals surface area contributed by atoms with Crippen molar-refractivity contribution in [3.05, 3.63) is 95.6 Å². The van der Waals surface area contributed by atoms with Crippen LogP contribution in [0, 0.1) is 0 Å². The number of carbonyl (C=O) groups is 2. The molecule has 0 saturated carbocycles. The molecule has 1 saturated heterocycles.